The van der Waals surface area contributed by atoms with Crippen molar-refractivity contribution in [2.24, 2.45) is 0 Å². The van der Waals surface area contributed by atoms with Gasteiger partial charge in [0.05, 0.1) is 12.1 Å². The first-order valence-electron chi connectivity index (χ1n) is 7.87. The van der Waals surface area contributed by atoms with Crippen LogP contribution in [0.5, 0.6) is 17.2 Å². The van der Waals surface area contributed by atoms with Crippen LogP contribution >= 0.6 is 0 Å². The normalized spacial score (nSPS) is 12.1. The number of alkyl halides is 3. The number of halogens is 3. The summed E-state index contributed by atoms with van der Waals surface area (Å²) in [6.45, 7) is 0.331. The molecule has 0 saturated heterocycles. The molecule has 0 fully saturated rings. The molecule has 8 heteroatoms. The summed E-state index contributed by atoms with van der Waals surface area (Å²) in [5.41, 5.74) is -0.680. The van der Waals surface area contributed by atoms with Crippen molar-refractivity contribution in [1.82, 2.24) is 5.32 Å². The van der Waals surface area contributed by atoms with Crippen LogP contribution in [0.15, 0.2) is 42.5 Å². The van der Waals surface area contributed by atoms with Gasteiger partial charge in [0, 0.05) is 11.6 Å². The molecule has 2 aromatic rings. The van der Waals surface area contributed by atoms with Gasteiger partial charge in [-0.3, -0.25) is 4.79 Å². The quantitative estimate of drug-likeness (QED) is 0.832. The Morgan fingerprint density at radius 3 is 2.56 bits per heavy atom. The van der Waals surface area contributed by atoms with Gasteiger partial charge < -0.3 is 19.5 Å². The van der Waals surface area contributed by atoms with E-state index in [4.69, 9.17) is 14.2 Å². The van der Waals surface area contributed by atoms with Crippen LogP contribution in [0.25, 0.3) is 0 Å². The minimum Gasteiger partial charge on any atom is -0.481 e. The lowest BCUT2D eigenvalue weighted by atomic mass is 10.1. The van der Waals surface area contributed by atoms with Crippen LogP contribution in [0.4, 0.5) is 13.2 Å². The van der Waals surface area contributed by atoms with Crippen molar-refractivity contribution >= 4 is 5.91 Å². The van der Waals surface area contributed by atoms with Crippen molar-refractivity contribution in [2.45, 2.75) is 6.18 Å². The second-order valence-corrected chi connectivity index (χ2v) is 5.42. The Labute approximate surface area is 153 Å². The van der Waals surface area contributed by atoms with Gasteiger partial charge in [-0.05, 0) is 36.4 Å². The van der Waals surface area contributed by atoms with E-state index >= 15 is 0 Å². The van der Waals surface area contributed by atoms with Crippen molar-refractivity contribution in [3.8, 4) is 29.1 Å². The topological polar surface area (TPSA) is 56.8 Å². The average molecular weight is 377 g/mol. The molecule has 0 aromatic heterocycles. The molecule has 0 atom stereocenters. The van der Waals surface area contributed by atoms with Crippen LogP contribution in [-0.4, -0.2) is 25.9 Å². The van der Waals surface area contributed by atoms with Gasteiger partial charge in [0.2, 0.25) is 6.79 Å². The third kappa shape index (κ3) is 4.85. The maximum Gasteiger partial charge on any atom is 0.416 e. The lowest BCUT2D eigenvalue weighted by Gasteiger charge is -2.07. The molecule has 5 nitrogen and oxygen atoms in total. The van der Waals surface area contributed by atoms with Gasteiger partial charge >= 0.3 is 6.18 Å². The summed E-state index contributed by atoms with van der Waals surface area (Å²) in [6.07, 6.45) is -4.43. The van der Waals surface area contributed by atoms with Gasteiger partial charge in [-0.2, -0.15) is 13.2 Å². The molecular formula is C19H14F3NO4. The van der Waals surface area contributed by atoms with Gasteiger partial charge in [0.25, 0.3) is 5.91 Å². The van der Waals surface area contributed by atoms with Gasteiger partial charge in [-0.15, -0.1) is 0 Å². The van der Waals surface area contributed by atoms with Gasteiger partial charge in [0.1, 0.15) is 12.4 Å². The number of hydrogen-bond donors (Lipinski definition) is 1. The van der Waals surface area contributed by atoms with Crippen molar-refractivity contribution in [3.63, 3.8) is 0 Å². The van der Waals surface area contributed by atoms with Crippen molar-refractivity contribution in [1.29, 1.82) is 0 Å². The highest BCUT2D eigenvalue weighted by Gasteiger charge is 2.30. The third-order valence-corrected chi connectivity index (χ3v) is 3.59. The van der Waals surface area contributed by atoms with Crippen LogP contribution in [0, 0.1) is 11.8 Å². The number of nitrogens with one attached hydrogen (secondary N) is 1. The molecule has 1 N–H and O–H groups in total. The maximum absolute atomic E-state index is 12.5. The molecule has 1 aliphatic heterocycles. The highest BCUT2D eigenvalue weighted by Crippen LogP contribution is 2.35. The zero-order valence-corrected chi connectivity index (χ0v) is 13.9. The first-order chi connectivity index (χ1) is 12.9. The van der Waals surface area contributed by atoms with E-state index in [1.807, 2.05) is 0 Å². The Balaban J connectivity index is 1.43. The maximum atomic E-state index is 12.5. The molecule has 1 aliphatic rings. The molecule has 3 rings (SSSR count). The van der Waals surface area contributed by atoms with E-state index in [1.54, 1.807) is 18.2 Å². The second kappa shape index (κ2) is 7.91. The molecular weight excluding hydrogens is 363 g/mol. The molecule has 1 heterocycles. The number of amides is 1. The van der Waals surface area contributed by atoms with Crippen LogP contribution in [0.1, 0.15) is 15.9 Å². The highest BCUT2D eigenvalue weighted by molar-refractivity contribution is 5.94. The summed E-state index contributed by atoms with van der Waals surface area (Å²) in [5, 5.41) is 2.50. The number of carbonyl (C=O) groups is 1. The van der Waals surface area contributed by atoms with E-state index in [0.717, 1.165) is 24.3 Å². The van der Waals surface area contributed by atoms with E-state index in [0.29, 0.717) is 17.2 Å². The predicted molar refractivity (Wildman–Crippen MR) is 89.6 cm³/mol. The molecule has 140 valence electrons. The monoisotopic (exact) mass is 377 g/mol. The summed E-state index contributed by atoms with van der Waals surface area (Å²) in [4.78, 5) is 11.9. The summed E-state index contributed by atoms with van der Waals surface area (Å²) in [5.74, 6) is 6.75. The van der Waals surface area contributed by atoms with Gasteiger partial charge in [-0.1, -0.05) is 11.8 Å². The van der Waals surface area contributed by atoms with E-state index in [1.165, 1.54) is 0 Å². The molecule has 0 unspecified atom stereocenters. The summed E-state index contributed by atoms with van der Waals surface area (Å²) >= 11 is 0. The Morgan fingerprint density at radius 1 is 1.07 bits per heavy atom. The van der Waals surface area contributed by atoms with Crippen LogP contribution in [0.3, 0.4) is 0 Å². The molecule has 0 spiro atoms. The van der Waals surface area contributed by atoms with Crippen molar-refractivity contribution in [3.05, 3.63) is 53.6 Å². The summed E-state index contributed by atoms with van der Waals surface area (Å²) in [7, 11) is 0. The highest BCUT2D eigenvalue weighted by atomic mass is 19.4. The van der Waals surface area contributed by atoms with Gasteiger partial charge in [0.15, 0.2) is 11.5 Å². The van der Waals surface area contributed by atoms with Crippen LogP contribution < -0.4 is 19.5 Å². The van der Waals surface area contributed by atoms with E-state index in [9.17, 15) is 18.0 Å². The number of ether oxygens (including phenoxy) is 3. The third-order valence-electron chi connectivity index (χ3n) is 3.59. The fourth-order valence-corrected chi connectivity index (χ4v) is 2.24. The minimum absolute atomic E-state index is 0.0460. The molecule has 27 heavy (non-hydrogen) atoms. The van der Waals surface area contributed by atoms with E-state index < -0.39 is 17.6 Å². The van der Waals surface area contributed by atoms with E-state index in [-0.39, 0.29) is 25.5 Å². The van der Waals surface area contributed by atoms with E-state index in [2.05, 4.69) is 17.2 Å². The molecule has 1 amide bonds. The molecule has 0 saturated carbocycles. The molecule has 0 radical (unpaired) electrons. The first kappa shape index (κ1) is 18.5. The molecule has 2 aromatic carbocycles. The Kier molecular flexibility index (Phi) is 5.41. The Hall–Kier alpha value is -3.34. The fourth-order valence-electron chi connectivity index (χ4n) is 2.24. The average Bonchev–Trinajstić information content (AvgIpc) is 3.11. The summed E-state index contributed by atoms with van der Waals surface area (Å²) in [6, 6.07) is 9.11. The Bertz CT molecular complexity index is 883. The largest absolute Gasteiger partial charge is 0.481 e. The fraction of sp³-hybridized carbons (Fsp3) is 0.211. The van der Waals surface area contributed by atoms with Crippen molar-refractivity contribution < 1.29 is 32.2 Å². The summed E-state index contributed by atoms with van der Waals surface area (Å²) < 4.78 is 53.3. The second-order valence-electron chi connectivity index (χ2n) is 5.42. The number of benzene rings is 2. The molecule has 0 aliphatic carbocycles. The Morgan fingerprint density at radius 2 is 1.81 bits per heavy atom. The minimum atomic E-state index is -4.43. The number of carbonyl (C=O) groups excluding carboxylic acids is 1. The zero-order chi connectivity index (χ0) is 19.3. The first-order valence-corrected chi connectivity index (χ1v) is 7.87. The van der Waals surface area contributed by atoms with Crippen molar-refractivity contribution in [2.75, 3.05) is 19.9 Å². The zero-order valence-electron chi connectivity index (χ0n) is 13.9. The smallest absolute Gasteiger partial charge is 0.416 e. The van der Waals surface area contributed by atoms with Gasteiger partial charge in [-0.25, -0.2) is 0 Å². The lowest BCUT2D eigenvalue weighted by molar-refractivity contribution is -0.137. The predicted octanol–water partition coefficient (Wildman–Crippen LogP) is 3.25. The number of fused-ring (bicyclic) bond motifs is 1. The lowest BCUT2D eigenvalue weighted by Crippen LogP contribution is -2.23. The van der Waals surface area contributed by atoms with Crippen LogP contribution in [-0.2, 0) is 6.18 Å². The molecule has 0 bridgehead atoms. The SMILES string of the molecule is O=C(NCC#CCOc1ccc2c(c1)OCO2)c1ccc(C(F)(F)F)cc1. The standard InChI is InChI=1S/C19H14F3NO4/c20-19(21,22)14-5-3-13(4-6-14)18(24)23-9-1-2-10-25-15-7-8-16-17(11-15)27-12-26-16/h3-8,11H,9-10,12H2,(H,23,24). The number of hydrogen-bond acceptors (Lipinski definition) is 4. The van der Waals surface area contributed by atoms with Crippen LogP contribution in [0.2, 0.25) is 0 Å². The number of rotatable bonds is 4.